The van der Waals surface area contributed by atoms with Crippen LogP contribution in [0.25, 0.3) is 5.57 Å². The second-order valence-electron chi connectivity index (χ2n) is 7.31. The number of imide groups is 1. The summed E-state index contributed by atoms with van der Waals surface area (Å²) in [7, 11) is 1.80. The van der Waals surface area contributed by atoms with Crippen LogP contribution < -0.4 is 9.80 Å². The standard InChI is InChI=1S/C25H21ClN2O2/c1-16-12-14-18(15-13-16)22-23(27(3)19-8-5-4-6-9-19)25(30)28(24(22)29)21-11-7-10-20(26)17(21)2/h4-15H,1-3H3. The fourth-order valence-electron chi connectivity index (χ4n) is 3.65. The molecule has 30 heavy (non-hydrogen) atoms. The lowest BCUT2D eigenvalue weighted by Gasteiger charge is -2.22. The summed E-state index contributed by atoms with van der Waals surface area (Å²) in [6.07, 6.45) is 0. The zero-order chi connectivity index (χ0) is 21.4. The van der Waals surface area contributed by atoms with E-state index in [0.29, 0.717) is 33.1 Å². The lowest BCUT2D eigenvalue weighted by molar-refractivity contribution is -0.120. The lowest BCUT2D eigenvalue weighted by atomic mass is 10.0. The maximum Gasteiger partial charge on any atom is 0.282 e. The minimum absolute atomic E-state index is 0.342. The summed E-state index contributed by atoms with van der Waals surface area (Å²) in [5.41, 5.74) is 4.52. The van der Waals surface area contributed by atoms with Crippen LogP contribution in [0.4, 0.5) is 11.4 Å². The summed E-state index contributed by atoms with van der Waals surface area (Å²) < 4.78 is 0. The molecule has 0 spiro atoms. The van der Waals surface area contributed by atoms with Gasteiger partial charge in [0.15, 0.2) is 0 Å². The summed E-state index contributed by atoms with van der Waals surface area (Å²) in [5.74, 6) is -0.723. The molecule has 1 aliphatic heterocycles. The van der Waals surface area contributed by atoms with Gasteiger partial charge in [-0.25, -0.2) is 4.90 Å². The van der Waals surface area contributed by atoms with Gasteiger partial charge in [0.25, 0.3) is 11.8 Å². The van der Waals surface area contributed by atoms with E-state index in [1.165, 1.54) is 4.90 Å². The molecular weight excluding hydrogens is 396 g/mol. The Morgan fingerprint density at radius 1 is 0.800 bits per heavy atom. The van der Waals surface area contributed by atoms with Gasteiger partial charge in [-0.05, 0) is 49.2 Å². The van der Waals surface area contributed by atoms with Gasteiger partial charge in [-0.15, -0.1) is 0 Å². The molecule has 0 unspecified atom stereocenters. The number of carbonyl (C=O) groups is 2. The monoisotopic (exact) mass is 416 g/mol. The molecule has 1 aliphatic rings. The zero-order valence-corrected chi connectivity index (χ0v) is 17.8. The van der Waals surface area contributed by atoms with Crippen molar-refractivity contribution >= 4 is 40.4 Å². The normalized spacial score (nSPS) is 13.9. The van der Waals surface area contributed by atoms with Crippen molar-refractivity contribution < 1.29 is 9.59 Å². The molecule has 0 radical (unpaired) electrons. The maximum absolute atomic E-state index is 13.6. The molecule has 0 saturated carbocycles. The van der Waals surface area contributed by atoms with Crippen LogP contribution in [0, 0.1) is 13.8 Å². The molecule has 0 aromatic heterocycles. The molecule has 0 aliphatic carbocycles. The second-order valence-corrected chi connectivity index (χ2v) is 7.72. The summed E-state index contributed by atoms with van der Waals surface area (Å²) in [4.78, 5) is 30.2. The first-order valence-electron chi connectivity index (χ1n) is 9.64. The van der Waals surface area contributed by atoms with Crippen LogP contribution in [0.15, 0.2) is 78.5 Å². The lowest BCUT2D eigenvalue weighted by Crippen LogP contribution is -2.34. The van der Waals surface area contributed by atoms with E-state index in [-0.39, 0.29) is 11.8 Å². The van der Waals surface area contributed by atoms with Crippen LogP contribution in [0.2, 0.25) is 5.02 Å². The van der Waals surface area contributed by atoms with Crippen LogP contribution in [0.5, 0.6) is 0 Å². The zero-order valence-electron chi connectivity index (χ0n) is 17.0. The third kappa shape index (κ3) is 3.29. The summed E-state index contributed by atoms with van der Waals surface area (Å²) in [5, 5.41) is 0.509. The van der Waals surface area contributed by atoms with E-state index in [1.807, 2.05) is 68.4 Å². The van der Waals surface area contributed by atoms with E-state index < -0.39 is 0 Å². The van der Waals surface area contributed by atoms with Gasteiger partial charge in [0.2, 0.25) is 0 Å². The number of halogens is 1. The summed E-state index contributed by atoms with van der Waals surface area (Å²) in [6.45, 7) is 3.79. The highest BCUT2D eigenvalue weighted by Crippen LogP contribution is 2.38. The van der Waals surface area contributed by atoms with E-state index in [1.54, 1.807) is 30.1 Å². The molecule has 0 saturated heterocycles. The number of carbonyl (C=O) groups excluding carboxylic acids is 2. The third-order valence-corrected chi connectivity index (χ3v) is 5.77. The second kappa shape index (κ2) is 7.81. The molecule has 5 heteroatoms. The highest BCUT2D eigenvalue weighted by atomic mass is 35.5. The fourth-order valence-corrected chi connectivity index (χ4v) is 3.82. The Hall–Kier alpha value is -3.37. The van der Waals surface area contributed by atoms with E-state index in [2.05, 4.69) is 0 Å². The molecule has 1 heterocycles. The van der Waals surface area contributed by atoms with Crippen molar-refractivity contribution in [1.82, 2.24) is 0 Å². The largest absolute Gasteiger partial charge is 0.339 e. The first-order valence-corrected chi connectivity index (χ1v) is 10.0. The summed E-state index contributed by atoms with van der Waals surface area (Å²) in [6, 6.07) is 22.4. The Balaban J connectivity index is 1.91. The topological polar surface area (TPSA) is 40.6 Å². The van der Waals surface area contributed by atoms with Crippen LogP contribution in [0.3, 0.4) is 0 Å². The van der Waals surface area contributed by atoms with Gasteiger partial charge in [-0.3, -0.25) is 9.59 Å². The Kier molecular flexibility index (Phi) is 5.18. The van der Waals surface area contributed by atoms with E-state index in [9.17, 15) is 9.59 Å². The van der Waals surface area contributed by atoms with E-state index in [0.717, 1.165) is 11.3 Å². The molecule has 0 bridgehead atoms. The first kappa shape index (κ1) is 19.9. The molecule has 0 fully saturated rings. The smallest absolute Gasteiger partial charge is 0.282 e. The molecule has 0 atom stereocenters. The highest BCUT2D eigenvalue weighted by Gasteiger charge is 2.42. The molecule has 0 N–H and O–H groups in total. The van der Waals surface area contributed by atoms with Crippen LogP contribution in [0.1, 0.15) is 16.7 Å². The molecular formula is C25H21ClN2O2. The predicted octanol–water partition coefficient (Wildman–Crippen LogP) is 5.38. The average Bonchev–Trinajstić information content (AvgIpc) is 3.01. The Morgan fingerprint density at radius 2 is 1.47 bits per heavy atom. The molecule has 3 aromatic carbocycles. The third-order valence-electron chi connectivity index (χ3n) is 5.36. The maximum atomic E-state index is 13.6. The van der Waals surface area contributed by atoms with Gasteiger partial charge in [0, 0.05) is 17.8 Å². The number of likely N-dealkylation sites (N-methyl/N-ethyl adjacent to an activating group) is 1. The first-order chi connectivity index (χ1) is 14.4. The van der Waals surface area contributed by atoms with Gasteiger partial charge >= 0.3 is 0 Å². The quantitative estimate of drug-likeness (QED) is 0.536. The Bertz CT molecular complexity index is 1170. The van der Waals surface area contributed by atoms with Crippen molar-refractivity contribution in [3.05, 3.63) is 100 Å². The number of hydrogen-bond acceptors (Lipinski definition) is 3. The van der Waals surface area contributed by atoms with Crippen molar-refractivity contribution in [2.45, 2.75) is 13.8 Å². The Morgan fingerprint density at radius 3 is 2.13 bits per heavy atom. The van der Waals surface area contributed by atoms with Crippen molar-refractivity contribution in [1.29, 1.82) is 0 Å². The number of amides is 2. The van der Waals surface area contributed by atoms with Crippen LogP contribution in [-0.4, -0.2) is 18.9 Å². The van der Waals surface area contributed by atoms with Gasteiger partial charge in [-0.1, -0.05) is 65.7 Å². The number of anilines is 2. The molecule has 3 aromatic rings. The molecule has 150 valence electrons. The van der Waals surface area contributed by atoms with E-state index in [4.69, 9.17) is 11.6 Å². The van der Waals surface area contributed by atoms with Gasteiger partial charge in [-0.2, -0.15) is 0 Å². The summed E-state index contributed by atoms with van der Waals surface area (Å²) >= 11 is 6.28. The SMILES string of the molecule is Cc1ccc(C2=C(N(C)c3ccccc3)C(=O)N(c3cccc(Cl)c3C)C2=O)cc1. The number of hydrogen-bond donors (Lipinski definition) is 0. The molecule has 4 nitrogen and oxygen atoms in total. The average molecular weight is 417 g/mol. The van der Waals surface area contributed by atoms with Gasteiger partial charge < -0.3 is 4.90 Å². The fraction of sp³-hybridized carbons (Fsp3) is 0.120. The van der Waals surface area contributed by atoms with Crippen molar-refractivity contribution in [3.8, 4) is 0 Å². The van der Waals surface area contributed by atoms with Crippen LogP contribution in [-0.2, 0) is 9.59 Å². The number of benzene rings is 3. The number of nitrogens with zero attached hydrogens (tertiary/aromatic N) is 2. The molecule has 4 rings (SSSR count). The van der Waals surface area contributed by atoms with Crippen molar-refractivity contribution in [2.24, 2.45) is 0 Å². The number of para-hydroxylation sites is 1. The molecule has 2 amide bonds. The highest BCUT2D eigenvalue weighted by molar-refractivity contribution is 6.46. The minimum Gasteiger partial charge on any atom is -0.339 e. The van der Waals surface area contributed by atoms with Gasteiger partial charge in [0.1, 0.15) is 5.70 Å². The Labute approximate surface area is 181 Å². The number of aryl methyl sites for hydroxylation is 1. The van der Waals surface area contributed by atoms with Crippen molar-refractivity contribution in [2.75, 3.05) is 16.8 Å². The minimum atomic E-state index is -0.368. The van der Waals surface area contributed by atoms with E-state index >= 15 is 0 Å². The predicted molar refractivity (Wildman–Crippen MR) is 122 cm³/mol. The van der Waals surface area contributed by atoms with Crippen molar-refractivity contribution in [3.63, 3.8) is 0 Å². The van der Waals surface area contributed by atoms with Crippen LogP contribution >= 0.6 is 11.6 Å². The van der Waals surface area contributed by atoms with Gasteiger partial charge in [0.05, 0.1) is 11.3 Å². The number of rotatable bonds is 4.